The van der Waals surface area contributed by atoms with Gasteiger partial charge in [0, 0.05) is 0 Å². The summed E-state index contributed by atoms with van der Waals surface area (Å²) in [7, 11) is 0. The average molecular weight is 1040 g/mol. The standard InChI is InChI=1S/C39H65NO31/c1-8(40)33(58)65-32-25(57)39-64-14(7-46)31(32)71-38-24(56)19(51)29(12(5-44)63-38)69-36-22(54)17(49)27(10(3-42)61-36)67-34-20(52)15(47)26(9(2-41)59-34)66-35-21(53)16(48)28(11(4-43)60-35)68-37-23(55)18(50)30(70-39)13(6-45)62-37/h8-32,34-39,41-57H,2-7,40H2,1H3/t8?,9-,10-,11-,12-,13-,14-,15-,16-,17-,18-,19-,20-,21-,22-,23-,24-,25-,26-,27-,28-,29-,30-,31+,32-,34-,35-,36-,37-,38-,39-/m1/s1. The van der Waals surface area contributed by atoms with E-state index in [0.717, 1.165) is 0 Å². The summed E-state index contributed by atoms with van der Waals surface area (Å²) in [6.45, 7) is -4.99. The third kappa shape index (κ3) is 11.4. The summed E-state index contributed by atoms with van der Waals surface area (Å²) >= 11 is 0. The highest BCUT2D eigenvalue weighted by Crippen LogP contribution is 2.38. The molecule has 19 N–H and O–H groups in total. The van der Waals surface area contributed by atoms with Gasteiger partial charge in [0.15, 0.2) is 43.8 Å². The van der Waals surface area contributed by atoms with Crippen molar-refractivity contribution in [2.24, 2.45) is 5.73 Å². The average Bonchev–Trinajstić information content (AvgIpc) is 3.35. The molecule has 31 atom stereocenters. The summed E-state index contributed by atoms with van der Waals surface area (Å²) in [5, 5.41) is 187. The molecule has 22 fully saturated rings. The van der Waals surface area contributed by atoms with E-state index < -0.39 is 236 Å². The van der Waals surface area contributed by atoms with Gasteiger partial charge in [-0.3, -0.25) is 4.79 Å². The van der Waals surface area contributed by atoms with Gasteiger partial charge in [0.25, 0.3) is 0 Å². The third-order valence-corrected chi connectivity index (χ3v) is 13.3. The zero-order chi connectivity index (χ0) is 51.9. The molecule has 22 rings (SSSR count). The van der Waals surface area contributed by atoms with Crippen molar-refractivity contribution >= 4 is 5.97 Å². The molecular weight excluding hydrogens is 978 g/mol. The van der Waals surface area contributed by atoms with Gasteiger partial charge in [-0.15, -0.1) is 0 Å². The lowest BCUT2D eigenvalue weighted by molar-refractivity contribution is -0.404. The monoisotopic (exact) mass is 1040 g/mol. The van der Waals surface area contributed by atoms with E-state index in [4.69, 9.17) is 67.3 Å². The van der Waals surface area contributed by atoms with Gasteiger partial charge in [0.1, 0.15) is 146 Å². The SMILES string of the molecule is CC(N)C(=O)O[C@@H]1[C@@H](O)[C@H]2O[C@H]3[C@H](O)[C@@H](O)[C@@H](O[C@H]4[C@H](O)[C@@H](O)[C@@H](O[C@H]5[C@H](O)[C@@H](O)[C@@H](O[C@H]6[C@H](O)[C@@H](O)[C@@H](O[C@H]7[C@H](O)[C@@H](O)[C@@H](O[C@H]1[C@@H](CO)O2)O[C@@H]7CO)O[C@@H]6CO)O[C@@H]5CO)O[C@@H]4CO)O[C@@H]3CO. The van der Waals surface area contributed by atoms with Gasteiger partial charge >= 0.3 is 5.97 Å². The van der Waals surface area contributed by atoms with Gasteiger partial charge in [-0.05, 0) is 6.92 Å². The molecule has 0 spiro atoms. The van der Waals surface area contributed by atoms with Crippen LogP contribution in [-0.2, 0) is 66.4 Å². The highest BCUT2D eigenvalue weighted by Gasteiger charge is 2.59. The van der Waals surface area contributed by atoms with E-state index in [1.165, 1.54) is 6.92 Å². The van der Waals surface area contributed by atoms with Gasteiger partial charge in [0.05, 0.1) is 39.6 Å². The molecule has 32 nitrogen and oxygen atoms in total. The second kappa shape index (κ2) is 24.1. The van der Waals surface area contributed by atoms with E-state index in [0.29, 0.717) is 0 Å². The smallest absolute Gasteiger partial charge is 0.323 e. The minimum Gasteiger partial charge on any atom is -0.455 e. The first-order chi connectivity index (χ1) is 33.7. The number of nitrogens with two attached hydrogens (primary N) is 1. The largest absolute Gasteiger partial charge is 0.455 e. The number of esters is 1. The maximum atomic E-state index is 13.0. The van der Waals surface area contributed by atoms with E-state index in [-0.39, 0.29) is 0 Å². The van der Waals surface area contributed by atoms with Crippen LogP contribution in [0.2, 0.25) is 0 Å². The molecule has 0 aliphatic carbocycles. The molecule has 0 radical (unpaired) electrons. The van der Waals surface area contributed by atoms with Crippen molar-refractivity contribution in [3.63, 3.8) is 0 Å². The van der Waals surface area contributed by atoms with Crippen LogP contribution in [0.25, 0.3) is 0 Å². The third-order valence-electron chi connectivity index (χ3n) is 13.3. The zero-order valence-electron chi connectivity index (χ0n) is 37.5. The van der Waals surface area contributed by atoms with Gasteiger partial charge in [-0.2, -0.15) is 0 Å². The maximum absolute atomic E-state index is 13.0. The van der Waals surface area contributed by atoms with Crippen molar-refractivity contribution in [3.8, 4) is 0 Å². The van der Waals surface area contributed by atoms with Crippen LogP contribution in [0.3, 0.4) is 0 Å². The van der Waals surface area contributed by atoms with E-state index in [1.807, 2.05) is 0 Å². The number of aliphatic hydroxyl groups excluding tert-OH is 17. The van der Waals surface area contributed by atoms with Gasteiger partial charge in [-0.1, -0.05) is 0 Å². The fourth-order valence-corrected chi connectivity index (χ4v) is 9.29. The van der Waals surface area contributed by atoms with Gasteiger partial charge < -0.3 is 154 Å². The molecule has 1 unspecified atom stereocenters. The Kier molecular flexibility index (Phi) is 19.3. The summed E-state index contributed by atoms with van der Waals surface area (Å²) in [5.41, 5.74) is 5.73. The Morgan fingerprint density at radius 3 is 0.761 bits per heavy atom. The first-order valence-corrected chi connectivity index (χ1v) is 22.7. The molecule has 0 aromatic heterocycles. The fraction of sp³-hybridized carbons (Fsp3) is 0.974. The first-order valence-electron chi connectivity index (χ1n) is 22.7. The Balaban J connectivity index is 1.23. The second-order valence-corrected chi connectivity index (χ2v) is 18.0. The van der Waals surface area contributed by atoms with Crippen molar-refractivity contribution in [2.75, 3.05) is 39.6 Å². The van der Waals surface area contributed by atoms with Gasteiger partial charge in [0.2, 0.25) is 0 Å². The molecular formula is C39H65NO31. The van der Waals surface area contributed by atoms with Crippen LogP contribution in [0.4, 0.5) is 0 Å². The highest BCUT2D eigenvalue weighted by molar-refractivity contribution is 5.75. The number of ether oxygens (including phenoxy) is 13. The molecule has 22 saturated heterocycles. The molecule has 22 aliphatic rings. The maximum Gasteiger partial charge on any atom is 0.323 e. The number of carbonyl (C=O) groups is 1. The summed E-state index contributed by atoms with van der Waals surface area (Å²) in [6, 6.07) is -1.37. The van der Waals surface area contributed by atoms with Crippen LogP contribution >= 0.6 is 0 Å². The Morgan fingerprint density at radius 2 is 0.549 bits per heavy atom. The minimum absolute atomic E-state index is 1.01. The fourth-order valence-electron chi connectivity index (χ4n) is 9.29. The lowest BCUT2D eigenvalue weighted by atomic mass is 9.94. The van der Waals surface area contributed by atoms with Crippen molar-refractivity contribution in [1.82, 2.24) is 0 Å². The van der Waals surface area contributed by atoms with E-state index in [1.54, 1.807) is 0 Å². The Bertz CT molecular complexity index is 1680. The number of carbonyl (C=O) groups excluding carboxylic acids is 1. The number of hydrogen-bond acceptors (Lipinski definition) is 32. The van der Waals surface area contributed by atoms with Crippen molar-refractivity contribution in [1.29, 1.82) is 0 Å². The Morgan fingerprint density at radius 1 is 0.352 bits per heavy atom. The summed E-state index contributed by atoms with van der Waals surface area (Å²) in [5.74, 6) is -1.18. The molecule has 412 valence electrons. The van der Waals surface area contributed by atoms with E-state index in [9.17, 15) is 91.6 Å². The molecule has 0 amide bonds. The Hall–Kier alpha value is -1.73. The van der Waals surface area contributed by atoms with Crippen molar-refractivity contribution in [2.45, 2.75) is 197 Å². The predicted octanol–water partition coefficient (Wildman–Crippen LogP) is -13.2. The molecule has 0 aromatic rings. The number of aliphatic hydroxyl groups is 17. The van der Waals surface area contributed by atoms with Crippen molar-refractivity contribution < 1.29 is 153 Å². The summed E-state index contributed by atoms with van der Waals surface area (Å²) in [4.78, 5) is 13.0. The van der Waals surface area contributed by atoms with Crippen LogP contribution in [-0.4, -0.2) is 323 Å². The quantitative estimate of drug-likeness (QED) is 0.100. The van der Waals surface area contributed by atoms with Crippen LogP contribution in [0.15, 0.2) is 0 Å². The number of rotatable bonds is 8. The van der Waals surface area contributed by atoms with Crippen molar-refractivity contribution in [3.05, 3.63) is 0 Å². The lowest BCUT2D eigenvalue weighted by Gasteiger charge is -2.51. The summed E-state index contributed by atoms with van der Waals surface area (Å²) < 4.78 is 74.1. The topological polar surface area (TPSA) is 507 Å². The van der Waals surface area contributed by atoms with Crippen LogP contribution in [0.5, 0.6) is 0 Å². The molecule has 32 heteroatoms. The minimum atomic E-state index is -2.22. The molecule has 12 bridgehead atoms. The number of hydrogen-bond donors (Lipinski definition) is 18. The van der Waals surface area contributed by atoms with E-state index >= 15 is 0 Å². The first kappa shape index (κ1) is 57.0. The van der Waals surface area contributed by atoms with Gasteiger partial charge in [-0.25, -0.2) is 0 Å². The molecule has 71 heavy (non-hydrogen) atoms. The molecule has 0 aromatic carbocycles. The van der Waals surface area contributed by atoms with Crippen LogP contribution in [0, 0.1) is 0 Å². The van der Waals surface area contributed by atoms with Crippen LogP contribution < -0.4 is 5.73 Å². The highest BCUT2D eigenvalue weighted by atomic mass is 16.8. The summed E-state index contributed by atoms with van der Waals surface area (Å²) in [6.07, 6.45) is -59.6. The van der Waals surface area contributed by atoms with E-state index in [2.05, 4.69) is 0 Å². The Labute approximate surface area is 401 Å². The zero-order valence-corrected chi connectivity index (χ0v) is 37.5. The second-order valence-electron chi connectivity index (χ2n) is 18.0. The predicted molar refractivity (Wildman–Crippen MR) is 213 cm³/mol. The molecule has 0 saturated carbocycles. The normalized spacial score (nSPS) is 52.7. The molecule has 22 heterocycles. The molecule has 22 aliphatic heterocycles. The van der Waals surface area contributed by atoms with Crippen LogP contribution in [0.1, 0.15) is 6.92 Å². The lowest BCUT2D eigenvalue weighted by Crippen LogP contribution is -2.69.